The molecular weight excluding hydrogens is 527 g/mol. The zero-order chi connectivity index (χ0) is 28.1. The minimum absolute atomic E-state index is 0.0901. The zero-order valence-corrected chi connectivity index (χ0v) is 21.3. The Kier molecular flexibility index (Phi) is 7.47. The standard InChI is InChI=1S/C29H30F7NO2/c1-16(19-10-20(28(31,32)33)12-21(11-19)29(34,35)36)39-26-9-4-18-14-37(23-7-8-24(38)13-23)15-25(18)27(26)17-2-5-22(30)6-3-17/h2-3,5-6,10-13,16,18,24-27,38H,4,7-9,14-15H2,1H3/t16-,18-,24?,25-,26+,27+/m1/s1. The van der Waals surface area contributed by atoms with Crippen molar-refractivity contribution in [2.24, 2.45) is 11.8 Å². The van der Waals surface area contributed by atoms with Gasteiger partial charge in [0.25, 0.3) is 0 Å². The summed E-state index contributed by atoms with van der Waals surface area (Å²) in [6.07, 6.45) is -7.23. The van der Waals surface area contributed by atoms with Gasteiger partial charge >= 0.3 is 12.4 Å². The minimum Gasteiger partial charge on any atom is -0.389 e. The lowest BCUT2D eigenvalue weighted by atomic mass is 9.69. The summed E-state index contributed by atoms with van der Waals surface area (Å²) in [7, 11) is 0. The van der Waals surface area contributed by atoms with Crippen LogP contribution in [0.2, 0.25) is 0 Å². The van der Waals surface area contributed by atoms with E-state index in [2.05, 4.69) is 4.90 Å². The van der Waals surface area contributed by atoms with Crippen LogP contribution in [0, 0.1) is 17.7 Å². The van der Waals surface area contributed by atoms with E-state index in [4.69, 9.17) is 4.74 Å². The third-order valence-electron chi connectivity index (χ3n) is 8.38. The van der Waals surface area contributed by atoms with Gasteiger partial charge in [0, 0.05) is 24.7 Å². The molecule has 3 nitrogen and oxygen atoms in total. The first-order valence-electron chi connectivity index (χ1n) is 13.1. The highest BCUT2D eigenvalue weighted by atomic mass is 19.4. The van der Waals surface area contributed by atoms with Crippen molar-refractivity contribution in [3.63, 3.8) is 0 Å². The molecule has 3 aliphatic rings. The second kappa shape index (κ2) is 10.4. The number of likely N-dealkylation sites (tertiary alicyclic amines) is 1. The Morgan fingerprint density at radius 1 is 0.897 bits per heavy atom. The summed E-state index contributed by atoms with van der Waals surface area (Å²) in [6.45, 7) is 2.95. The Morgan fingerprint density at radius 3 is 2.10 bits per heavy atom. The molecule has 2 aromatic carbocycles. The van der Waals surface area contributed by atoms with Crippen LogP contribution in [0.3, 0.4) is 0 Å². The Labute approximate surface area is 222 Å². The Balaban J connectivity index is 1.44. The van der Waals surface area contributed by atoms with Crippen molar-refractivity contribution >= 4 is 0 Å². The molecule has 10 heteroatoms. The Bertz CT molecular complexity index is 1180. The van der Waals surface area contributed by atoms with Crippen LogP contribution in [-0.4, -0.2) is 35.3 Å². The third kappa shape index (κ3) is 5.96. The fourth-order valence-electron chi connectivity index (χ4n) is 6.48. The topological polar surface area (TPSA) is 32.7 Å². The summed E-state index contributed by atoms with van der Waals surface area (Å²) in [5.41, 5.74) is -1.04. The van der Waals surface area contributed by atoms with E-state index in [1.165, 1.54) is 19.1 Å². The molecule has 212 valence electrons. The largest absolute Gasteiger partial charge is 0.416 e. The molecular formula is C29H30F7NO2. The van der Waals surface area contributed by atoms with Gasteiger partial charge in [0.15, 0.2) is 0 Å². The summed E-state index contributed by atoms with van der Waals surface area (Å²) >= 11 is 0. The van der Waals surface area contributed by atoms with E-state index in [-0.39, 0.29) is 23.5 Å². The van der Waals surface area contributed by atoms with E-state index in [9.17, 15) is 35.8 Å². The number of aliphatic hydroxyl groups is 1. The predicted octanol–water partition coefficient (Wildman–Crippen LogP) is 7.47. The van der Waals surface area contributed by atoms with Crippen molar-refractivity contribution in [1.82, 2.24) is 4.90 Å². The molecule has 6 atom stereocenters. The number of aliphatic hydroxyl groups excluding tert-OH is 1. The van der Waals surface area contributed by atoms with Crippen molar-refractivity contribution in [3.05, 3.63) is 82.3 Å². The van der Waals surface area contributed by atoms with Crippen molar-refractivity contribution in [2.45, 2.75) is 69.2 Å². The first-order chi connectivity index (χ1) is 18.3. The average Bonchev–Trinajstić information content (AvgIpc) is 3.49. The SMILES string of the molecule is C[C@@H](O[C@H]1CC[C@@H]2CN(C3=CC(O)CC3)C[C@H]2[C@@H]1c1ccc(F)cc1)c1cc(C(F)(F)F)cc(C(F)(F)F)c1. The highest BCUT2D eigenvalue weighted by Crippen LogP contribution is 2.49. The normalized spacial score (nSPS) is 28.4. The first-order valence-corrected chi connectivity index (χ1v) is 13.1. The lowest BCUT2D eigenvalue weighted by Gasteiger charge is -2.41. The smallest absolute Gasteiger partial charge is 0.389 e. The van der Waals surface area contributed by atoms with Gasteiger partial charge in [0.1, 0.15) is 5.82 Å². The maximum absolute atomic E-state index is 13.8. The molecule has 1 saturated carbocycles. The molecule has 1 N–H and O–H groups in total. The van der Waals surface area contributed by atoms with Crippen LogP contribution in [0.1, 0.15) is 66.9 Å². The summed E-state index contributed by atoms with van der Waals surface area (Å²) in [5, 5.41) is 9.96. The van der Waals surface area contributed by atoms with Gasteiger partial charge in [-0.1, -0.05) is 12.1 Å². The van der Waals surface area contributed by atoms with Gasteiger partial charge in [-0.2, -0.15) is 26.3 Å². The molecule has 2 fully saturated rings. The lowest BCUT2D eigenvalue weighted by molar-refractivity contribution is -0.143. The van der Waals surface area contributed by atoms with E-state index >= 15 is 0 Å². The van der Waals surface area contributed by atoms with Gasteiger partial charge in [-0.25, -0.2) is 4.39 Å². The number of benzene rings is 2. The molecule has 1 aliphatic heterocycles. The minimum atomic E-state index is -4.94. The average molecular weight is 558 g/mol. The molecule has 1 unspecified atom stereocenters. The zero-order valence-electron chi connectivity index (χ0n) is 21.3. The number of alkyl halides is 6. The van der Waals surface area contributed by atoms with Gasteiger partial charge in [0.2, 0.25) is 0 Å². The molecule has 0 radical (unpaired) electrons. The second-order valence-corrected chi connectivity index (χ2v) is 10.9. The summed E-state index contributed by atoms with van der Waals surface area (Å²) < 4.78 is 101. The number of halogens is 7. The number of nitrogens with zero attached hydrogens (tertiary/aromatic N) is 1. The number of rotatable bonds is 5. The number of allylic oxidation sites excluding steroid dienone is 1. The highest BCUT2D eigenvalue weighted by molar-refractivity contribution is 5.35. The lowest BCUT2D eigenvalue weighted by Crippen LogP contribution is -2.38. The van der Waals surface area contributed by atoms with Crippen molar-refractivity contribution in [3.8, 4) is 0 Å². The molecule has 5 rings (SSSR count). The molecule has 1 heterocycles. The van der Waals surface area contributed by atoms with Gasteiger partial charge in [0.05, 0.1) is 29.4 Å². The molecule has 0 aromatic heterocycles. The molecule has 0 bridgehead atoms. The van der Waals surface area contributed by atoms with Crippen LogP contribution in [-0.2, 0) is 17.1 Å². The van der Waals surface area contributed by atoms with E-state index in [0.29, 0.717) is 37.4 Å². The number of fused-ring (bicyclic) bond motifs is 1. The third-order valence-corrected chi connectivity index (χ3v) is 8.38. The first kappa shape index (κ1) is 28.0. The van der Waals surface area contributed by atoms with Gasteiger partial charge in [-0.3, -0.25) is 0 Å². The maximum atomic E-state index is 13.8. The van der Waals surface area contributed by atoms with Crippen LogP contribution in [0.4, 0.5) is 30.7 Å². The molecule has 39 heavy (non-hydrogen) atoms. The molecule has 1 saturated heterocycles. The molecule has 2 aliphatic carbocycles. The van der Waals surface area contributed by atoms with Crippen molar-refractivity contribution in [2.75, 3.05) is 13.1 Å². The molecule has 0 spiro atoms. The van der Waals surface area contributed by atoms with E-state index in [0.717, 1.165) is 30.6 Å². The van der Waals surface area contributed by atoms with Crippen LogP contribution in [0.15, 0.2) is 54.2 Å². The van der Waals surface area contributed by atoms with E-state index in [1.54, 1.807) is 12.1 Å². The predicted molar refractivity (Wildman–Crippen MR) is 130 cm³/mol. The van der Waals surface area contributed by atoms with Crippen molar-refractivity contribution in [1.29, 1.82) is 0 Å². The number of ether oxygens (including phenoxy) is 1. The van der Waals surface area contributed by atoms with Crippen LogP contribution < -0.4 is 0 Å². The summed E-state index contributed by atoms with van der Waals surface area (Å²) in [4.78, 5) is 2.26. The molecule has 2 aromatic rings. The quantitative estimate of drug-likeness (QED) is 0.387. The second-order valence-electron chi connectivity index (χ2n) is 10.9. The fourth-order valence-corrected chi connectivity index (χ4v) is 6.48. The summed E-state index contributed by atoms with van der Waals surface area (Å²) in [5.74, 6) is -0.248. The number of hydrogen-bond donors (Lipinski definition) is 1. The van der Waals surface area contributed by atoms with E-state index in [1.807, 2.05) is 6.08 Å². The van der Waals surface area contributed by atoms with E-state index < -0.39 is 47.6 Å². The van der Waals surface area contributed by atoms with Crippen molar-refractivity contribution < 1.29 is 40.6 Å². The Hall–Kier alpha value is -2.59. The van der Waals surface area contributed by atoms with Crippen LogP contribution in [0.25, 0.3) is 0 Å². The maximum Gasteiger partial charge on any atom is 0.416 e. The summed E-state index contributed by atoms with van der Waals surface area (Å²) in [6, 6.07) is 7.61. The van der Waals surface area contributed by atoms with Crippen LogP contribution >= 0.6 is 0 Å². The monoisotopic (exact) mass is 557 g/mol. The van der Waals surface area contributed by atoms with Gasteiger partial charge in [-0.05, 0) is 92.0 Å². The van der Waals surface area contributed by atoms with Crippen LogP contribution in [0.5, 0.6) is 0 Å². The Morgan fingerprint density at radius 2 is 1.54 bits per heavy atom. The fraction of sp³-hybridized carbons (Fsp3) is 0.517. The van der Waals surface area contributed by atoms with Gasteiger partial charge in [-0.15, -0.1) is 0 Å². The highest BCUT2D eigenvalue weighted by Gasteiger charge is 2.47. The van der Waals surface area contributed by atoms with Gasteiger partial charge < -0.3 is 14.7 Å². The molecule has 0 amide bonds. The number of hydrogen-bond acceptors (Lipinski definition) is 3.